The molecular weight excluding hydrogens is 246 g/mol. The lowest BCUT2D eigenvalue weighted by molar-refractivity contribution is 0.0634. The molecule has 0 amide bonds. The number of ether oxygens (including phenoxy) is 1. The van der Waals surface area contributed by atoms with E-state index < -0.39 is 0 Å². The lowest BCUT2D eigenvalue weighted by Crippen LogP contribution is -2.38. The second-order valence-electron chi connectivity index (χ2n) is 7.38. The first-order valence-corrected chi connectivity index (χ1v) is 8.78. The van der Waals surface area contributed by atoms with Crippen LogP contribution in [0.1, 0.15) is 59.8 Å². The predicted octanol–water partition coefficient (Wildman–Crippen LogP) is 4.35. The number of nitrogens with one attached hydrogen (secondary N) is 1. The highest BCUT2D eigenvalue weighted by Crippen LogP contribution is 2.39. The third-order valence-electron chi connectivity index (χ3n) is 4.97. The van der Waals surface area contributed by atoms with Crippen LogP contribution in [0, 0.1) is 29.6 Å². The molecule has 1 aliphatic rings. The molecule has 0 bridgehead atoms. The van der Waals surface area contributed by atoms with Crippen molar-refractivity contribution in [2.75, 3.05) is 26.8 Å². The van der Waals surface area contributed by atoms with Crippen LogP contribution in [0.15, 0.2) is 0 Å². The molecular formula is C18H37NO. The van der Waals surface area contributed by atoms with Crippen LogP contribution in [0.5, 0.6) is 0 Å². The van der Waals surface area contributed by atoms with Crippen molar-refractivity contribution in [3.8, 4) is 0 Å². The SMILES string of the molecule is CCCC1CCC(CNCC(C)C)C(C(C)COC)C1. The topological polar surface area (TPSA) is 21.3 Å². The monoisotopic (exact) mass is 283 g/mol. The highest BCUT2D eigenvalue weighted by Gasteiger charge is 2.33. The molecule has 1 fully saturated rings. The molecule has 0 aromatic heterocycles. The molecule has 120 valence electrons. The van der Waals surface area contributed by atoms with E-state index in [2.05, 4.69) is 33.0 Å². The number of methoxy groups -OCH3 is 1. The van der Waals surface area contributed by atoms with Gasteiger partial charge < -0.3 is 10.1 Å². The van der Waals surface area contributed by atoms with Crippen molar-refractivity contribution < 1.29 is 4.74 Å². The first-order chi connectivity index (χ1) is 9.58. The quantitative estimate of drug-likeness (QED) is 0.679. The molecule has 2 heteroatoms. The molecule has 1 aliphatic carbocycles. The molecule has 0 aliphatic heterocycles. The lowest BCUT2D eigenvalue weighted by atomic mass is 9.68. The summed E-state index contributed by atoms with van der Waals surface area (Å²) in [4.78, 5) is 0. The predicted molar refractivity (Wildman–Crippen MR) is 88.0 cm³/mol. The Morgan fingerprint density at radius 3 is 2.55 bits per heavy atom. The first kappa shape index (κ1) is 18.0. The maximum absolute atomic E-state index is 5.42. The van der Waals surface area contributed by atoms with Crippen LogP contribution < -0.4 is 5.32 Å². The molecule has 1 rings (SSSR count). The lowest BCUT2D eigenvalue weighted by Gasteiger charge is -2.39. The van der Waals surface area contributed by atoms with Crippen LogP contribution in [-0.2, 0) is 4.74 Å². The van der Waals surface area contributed by atoms with Crippen molar-refractivity contribution in [3.63, 3.8) is 0 Å². The summed E-state index contributed by atoms with van der Waals surface area (Å²) < 4.78 is 5.42. The number of hydrogen-bond donors (Lipinski definition) is 1. The van der Waals surface area contributed by atoms with Gasteiger partial charge in [0.1, 0.15) is 0 Å². The highest BCUT2D eigenvalue weighted by atomic mass is 16.5. The molecule has 1 N–H and O–H groups in total. The summed E-state index contributed by atoms with van der Waals surface area (Å²) in [6, 6.07) is 0. The molecule has 0 radical (unpaired) electrons. The minimum absolute atomic E-state index is 0.700. The Bertz CT molecular complexity index is 242. The van der Waals surface area contributed by atoms with Crippen LogP contribution in [0.3, 0.4) is 0 Å². The molecule has 0 saturated heterocycles. The van der Waals surface area contributed by atoms with Crippen LogP contribution in [0.2, 0.25) is 0 Å². The van der Waals surface area contributed by atoms with Crippen LogP contribution >= 0.6 is 0 Å². The largest absolute Gasteiger partial charge is 0.384 e. The van der Waals surface area contributed by atoms with Crippen LogP contribution in [0.4, 0.5) is 0 Å². The smallest absolute Gasteiger partial charge is 0.0490 e. The average molecular weight is 284 g/mol. The molecule has 4 unspecified atom stereocenters. The van der Waals surface area contributed by atoms with E-state index >= 15 is 0 Å². The minimum Gasteiger partial charge on any atom is -0.384 e. The Morgan fingerprint density at radius 1 is 1.20 bits per heavy atom. The molecule has 0 aromatic carbocycles. The zero-order valence-electron chi connectivity index (χ0n) is 14.5. The van der Waals surface area contributed by atoms with Gasteiger partial charge in [0.15, 0.2) is 0 Å². The fourth-order valence-corrected chi connectivity index (χ4v) is 3.92. The van der Waals surface area contributed by atoms with Gasteiger partial charge in [-0.05, 0) is 55.5 Å². The van der Waals surface area contributed by atoms with Gasteiger partial charge in [0.2, 0.25) is 0 Å². The Hall–Kier alpha value is -0.0800. The van der Waals surface area contributed by atoms with E-state index in [4.69, 9.17) is 4.74 Å². The number of rotatable bonds is 9. The Balaban J connectivity index is 2.51. The summed E-state index contributed by atoms with van der Waals surface area (Å²) in [6.07, 6.45) is 7.04. The van der Waals surface area contributed by atoms with Gasteiger partial charge in [-0.1, -0.05) is 47.0 Å². The summed E-state index contributed by atoms with van der Waals surface area (Å²) in [6.45, 7) is 12.6. The van der Waals surface area contributed by atoms with E-state index in [1.807, 2.05) is 7.11 Å². The molecule has 20 heavy (non-hydrogen) atoms. The Labute approximate surface area is 127 Å². The van der Waals surface area contributed by atoms with E-state index in [0.717, 1.165) is 36.8 Å². The van der Waals surface area contributed by atoms with Crippen molar-refractivity contribution in [3.05, 3.63) is 0 Å². The summed E-state index contributed by atoms with van der Waals surface area (Å²) in [5.41, 5.74) is 0. The maximum atomic E-state index is 5.42. The minimum atomic E-state index is 0.700. The van der Waals surface area contributed by atoms with Gasteiger partial charge in [0.05, 0.1) is 0 Å². The zero-order valence-corrected chi connectivity index (χ0v) is 14.5. The molecule has 4 atom stereocenters. The summed E-state index contributed by atoms with van der Waals surface area (Å²) in [5.74, 6) is 4.12. The Morgan fingerprint density at radius 2 is 1.95 bits per heavy atom. The van der Waals surface area contributed by atoms with Gasteiger partial charge in [-0.25, -0.2) is 0 Å². The van der Waals surface area contributed by atoms with Gasteiger partial charge in [-0.15, -0.1) is 0 Å². The van der Waals surface area contributed by atoms with E-state index in [-0.39, 0.29) is 0 Å². The fraction of sp³-hybridized carbons (Fsp3) is 1.00. The molecule has 0 aromatic rings. The summed E-state index contributed by atoms with van der Waals surface area (Å²) in [7, 11) is 1.84. The van der Waals surface area contributed by atoms with Gasteiger partial charge in [-0.3, -0.25) is 0 Å². The summed E-state index contributed by atoms with van der Waals surface area (Å²) in [5, 5.41) is 3.69. The number of hydrogen-bond acceptors (Lipinski definition) is 2. The van der Waals surface area contributed by atoms with Crippen LogP contribution in [-0.4, -0.2) is 26.8 Å². The zero-order chi connectivity index (χ0) is 15.0. The van der Waals surface area contributed by atoms with Crippen molar-refractivity contribution in [2.24, 2.45) is 29.6 Å². The van der Waals surface area contributed by atoms with Crippen molar-refractivity contribution in [1.29, 1.82) is 0 Å². The fourth-order valence-electron chi connectivity index (χ4n) is 3.92. The van der Waals surface area contributed by atoms with Crippen molar-refractivity contribution in [2.45, 2.75) is 59.8 Å². The molecule has 1 saturated carbocycles. The molecule has 2 nitrogen and oxygen atoms in total. The second kappa shape index (κ2) is 9.78. The van der Waals surface area contributed by atoms with E-state index in [1.165, 1.54) is 38.6 Å². The van der Waals surface area contributed by atoms with Gasteiger partial charge in [0.25, 0.3) is 0 Å². The molecule has 0 spiro atoms. The standard InChI is InChI=1S/C18H37NO/c1-6-7-16-8-9-17(12-19-11-14(2)3)18(10-16)15(4)13-20-5/h14-19H,6-13H2,1-5H3. The maximum Gasteiger partial charge on any atom is 0.0490 e. The Kier molecular flexibility index (Phi) is 8.79. The highest BCUT2D eigenvalue weighted by molar-refractivity contribution is 4.84. The van der Waals surface area contributed by atoms with Gasteiger partial charge >= 0.3 is 0 Å². The van der Waals surface area contributed by atoms with Gasteiger partial charge in [-0.2, -0.15) is 0 Å². The summed E-state index contributed by atoms with van der Waals surface area (Å²) >= 11 is 0. The average Bonchev–Trinajstić information content (AvgIpc) is 2.40. The first-order valence-electron chi connectivity index (χ1n) is 8.78. The third kappa shape index (κ3) is 6.13. The third-order valence-corrected chi connectivity index (χ3v) is 4.97. The van der Waals surface area contributed by atoms with E-state index in [0.29, 0.717) is 5.92 Å². The van der Waals surface area contributed by atoms with Crippen molar-refractivity contribution >= 4 is 0 Å². The van der Waals surface area contributed by atoms with Gasteiger partial charge in [0, 0.05) is 13.7 Å². The van der Waals surface area contributed by atoms with Crippen molar-refractivity contribution in [1.82, 2.24) is 5.32 Å². The van der Waals surface area contributed by atoms with E-state index in [9.17, 15) is 0 Å². The van der Waals surface area contributed by atoms with E-state index in [1.54, 1.807) is 0 Å². The normalized spacial score (nSPS) is 28.8. The van der Waals surface area contributed by atoms with Crippen LogP contribution in [0.25, 0.3) is 0 Å². The second-order valence-corrected chi connectivity index (χ2v) is 7.38. The molecule has 0 heterocycles.